The molecule has 2 aliphatic heterocycles. The zero-order valence-electron chi connectivity index (χ0n) is 11.7. The highest BCUT2D eigenvalue weighted by atomic mass is 16.4. The Morgan fingerprint density at radius 1 is 1.26 bits per heavy atom. The fourth-order valence-electron chi connectivity index (χ4n) is 2.99. The fourth-order valence-corrected chi connectivity index (χ4v) is 2.99. The lowest BCUT2D eigenvalue weighted by molar-refractivity contribution is -0.141. The summed E-state index contributed by atoms with van der Waals surface area (Å²) < 4.78 is 0. The second kappa shape index (κ2) is 5.77. The Labute approximate surface area is 114 Å². The van der Waals surface area contributed by atoms with E-state index in [4.69, 9.17) is 5.11 Å². The van der Waals surface area contributed by atoms with Gasteiger partial charge in [-0.1, -0.05) is 6.92 Å². The van der Waals surface area contributed by atoms with E-state index in [-0.39, 0.29) is 6.03 Å². The molecule has 1 N–H and O–H groups in total. The van der Waals surface area contributed by atoms with E-state index >= 15 is 0 Å². The maximum absolute atomic E-state index is 12.5. The summed E-state index contributed by atoms with van der Waals surface area (Å²) in [6.07, 6.45) is 2.36. The van der Waals surface area contributed by atoms with Crippen molar-refractivity contribution in [3.63, 3.8) is 0 Å². The summed E-state index contributed by atoms with van der Waals surface area (Å²) in [5, 5.41) is 9.15. The molecule has 1 unspecified atom stereocenters. The molecule has 108 valence electrons. The first kappa shape index (κ1) is 14.1. The summed E-state index contributed by atoms with van der Waals surface area (Å²) in [7, 11) is 2.08. The van der Waals surface area contributed by atoms with Crippen molar-refractivity contribution < 1.29 is 14.7 Å². The molecule has 2 fully saturated rings. The van der Waals surface area contributed by atoms with Crippen LogP contribution >= 0.6 is 0 Å². The normalized spacial score (nSPS) is 28.7. The number of likely N-dealkylation sites (tertiary alicyclic amines) is 1. The highest BCUT2D eigenvalue weighted by Crippen LogP contribution is 2.21. The number of piperazine rings is 1. The number of carboxylic acid groups (broad SMARTS) is 1. The van der Waals surface area contributed by atoms with Gasteiger partial charge in [-0.25, -0.2) is 9.59 Å². The van der Waals surface area contributed by atoms with E-state index < -0.39 is 12.0 Å². The summed E-state index contributed by atoms with van der Waals surface area (Å²) in [6.45, 7) is 4.93. The number of aliphatic carboxylic acids is 1. The molecule has 0 aromatic carbocycles. The van der Waals surface area contributed by atoms with Gasteiger partial charge >= 0.3 is 12.0 Å². The van der Waals surface area contributed by atoms with Gasteiger partial charge < -0.3 is 14.9 Å². The lowest BCUT2D eigenvalue weighted by Gasteiger charge is -2.41. The Morgan fingerprint density at radius 3 is 2.63 bits per heavy atom. The van der Waals surface area contributed by atoms with Crippen LogP contribution in [-0.4, -0.2) is 77.1 Å². The Morgan fingerprint density at radius 2 is 2.00 bits per heavy atom. The SMILES string of the molecule is CCC1CN(C(=O)N2CCC[C@H]2C(=O)O)CCN1C. The van der Waals surface area contributed by atoms with Crippen LogP contribution in [0.3, 0.4) is 0 Å². The van der Waals surface area contributed by atoms with Crippen LogP contribution in [0.25, 0.3) is 0 Å². The van der Waals surface area contributed by atoms with Gasteiger partial charge in [0, 0.05) is 32.2 Å². The van der Waals surface area contributed by atoms with Gasteiger partial charge in [0.2, 0.25) is 0 Å². The van der Waals surface area contributed by atoms with Crippen molar-refractivity contribution in [3.05, 3.63) is 0 Å². The Balaban J connectivity index is 2.01. The standard InChI is InChI=1S/C13H23N3O3/c1-3-10-9-15(8-7-14(10)2)13(19)16-6-4-5-11(16)12(17)18/h10-11H,3-9H2,1-2H3,(H,17,18)/t10?,11-/m0/s1. The molecule has 19 heavy (non-hydrogen) atoms. The first-order valence-corrected chi connectivity index (χ1v) is 7.03. The van der Waals surface area contributed by atoms with E-state index in [0.717, 1.165) is 19.4 Å². The molecule has 0 aliphatic carbocycles. The van der Waals surface area contributed by atoms with Crippen LogP contribution in [0.15, 0.2) is 0 Å². The third kappa shape index (κ3) is 2.83. The second-order valence-corrected chi connectivity index (χ2v) is 5.46. The van der Waals surface area contributed by atoms with Crippen LogP contribution in [0.1, 0.15) is 26.2 Å². The van der Waals surface area contributed by atoms with Gasteiger partial charge in [0.25, 0.3) is 0 Å². The van der Waals surface area contributed by atoms with Crippen LogP contribution in [0.5, 0.6) is 0 Å². The molecule has 2 rings (SSSR count). The molecule has 2 heterocycles. The largest absolute Gasteiger partial charge is 0.480 e. The predicted octanol–water partition coefficient (Wildman–Crippen LogP) is 0.681. The van der Waals surface area contributed by atoms with Gasteiger partial charge in [0.15, 0.2) is 0 Å². The van der Waals surface area contributed by atoms with Gasteiger partial charge in [-0.3, -0.25) is 4.90 Å². The molecule has 0 aromatic heterocycles. The number of carbonyl (C=O) groups is 2. The maximum atomic E-state index is 12.5. The quantitative estimate of drug-likeness (QED) is 0.801. The molecular formula is C13H23N3O3. The van der Waals surface area contributed by atoms with Crippen molar-refractivity contribution in [1.82, 2.24) is 14.7 Å². The molecule has 0 saturated carbocycles. The van der Waals surface area contributed by atoms with Crippen LogP contribution < -0.4 is 0 Å². The lowest BCUT2D eigenvalue weighted by Crippen LogP contribution is -2.57. The molecule has 0 radical (unpaired) electrons. The van der Waals surface area contributed by atoms with Gasteiger partial charge in [-0.2, -0.15) is 0 Å². The first-order valence-electron chi connectivity index (χ1n) is 7.03. The van der Waals surface area contributed by atoms with Crippen molar-refractivity contribution in [2.75, 3.05) is 33.2 Å². The van der Waals surface area contributed by atoms with Gasteiger partial charge in [-0.05, 0) is 26.3 Å². The minimum atomic E-state index is -0.882. The Kier molecular flexibility index (Phi) is 4.29. The number of amides is 2. The molecule has 6 nitrogen and oxygen atoms in total. The zero-order chi connectivity index (χ0) is 14.0. The molecule has 2 saturated heterocycles. The number of carbonyl (C=O) groups excluding carboxylic acids is 1. The number of urea groups is 1. The number of carboxylic acids is 1. The molecular weight excluding hydrogens is 246 g/mol. The molecule has 2 atom stereocenters. The van der Waals surface area contributed by atoms with Crippen LogP contribution in [0.4, 0.5) is 4.79 Å². The minimum absolute atomic E-state index is 0.101. The van der Waals surface area contributed by atoms with Crippen LogP contribution in [0, 0.1) is 0 Å². The van der Waals surface area contributed by atoms with E-state index in [1.54, 1.807) is 0 Å². The highest BCUT2D eigenvalue weighted by Gasteiger charge is 2.37. The van der Waals surface area contributed by atoms with E-state index in [1.807, 2.05) is 4.90 Å². The van der Waals surface area contributed by atoms with E-state index in [1.165, 1.54) is 4.90 Å². The van der Waals surface area contributed by atoms with Crippen LogP contribution in [-0.2, 0) is 4.79 Å². The minimum Gasteiger partial charge on any atom is -0.480 e. The molecule has 0 bridgehead atoms. The van der Waals surface area contributed by atoms with Crippen molar-refractivity contribution in [2.45, 2.75) is 38.3 Å². The fraction of sp³-hybridized carbons (Fsp3) is 0.846. The molecule has 2 aliphatic rings. The average Bonchev–Trinajstić information content (AvgIpc) is 2.87. The van der Waals surface area contributed by atoms with Crippen molar-refractivity contribution in [3.8, 4) is 0 Å². The summed E-state index contributed by atoms with van der Waals surface area (Å²) >= 11 is 0. The lowest BCUT2D eigenvalue weighted by atomic mass is 10.1. The first-order chi connectivity index (χ1) is 9.04. The van der Waals surface area contributed by atoms with Gasteiger partial charge in [0.05, 0.1) is 0 Å². The molecule has 2 amide bonds. The van der Waals surface area contributed by atoms with E-state index in [0.29, 0.717) is 32.1 Å². The van der Waals surface area contributed by atoms with Gasteiger partial charge in [-0.15, -0.1) is 0 Å². The van der Waals surface area contributed by atoms with Gasteiger partial charge in [0.1, 0.15) is 6.04 Å². The maximum Gasteiger partial charge on any atom is 0.326 e. The third-order valence-electron chi connectivity index (χ3n) is 4.30. The zero-order valence-corrected chi connectivity index (χ0v) is 11.7. The summed E-state index contributed by atoms with van der Waals surface area (Å²) in [5.74, 6) is -0.882. The van der Waals surface area contributed by atoms with Crippen LogP contribution in [0.2, 0.25) is 0 Å². The van der Waals surface area contributed by atoms with Crippen molar-refractivity contribution >= 4 is 12.0 Å². The van der Waals surface area contributed by atoms with Crippen molar-refractivity contribution in [2.24, 2.45) is 0 Å². The third-order valence-corrected chi connectivity index (χ3v) is 4.30. The smallest absolute Gasteiger partial charge is 0.326 e. The second-order valence-electron chi connectivity index (χ2n) is 5.46. The summed E-state index contributed by atoms with van der Waals surface area (Å²) in [6, 6.07) is -0.354. The molecule has 6 heteroatoms. The summed E-state index contributed by atoms with van der Waals surface area (Å²) in [4.78, 5) is 29.2. The number of likely N-dealkylation sites (N-methyl/N-ethyl adjacent to an activating group) is 1. The van der Waals surface area contributed by atoms with E-state index in [2.05, 4.69) is 18.9 Å². The highest BCUT2D eigenvalue weighted by molar-refractivity contribution is 5.83. The van der Waals surface area contributed by atoms with E-state index in [9.17, 15) is 9.59 Å². The number of hydrogen-bond acceptors (Lipinski definition) is 3. The topological polar surface area (TPSA) is 64.1 Å². The Hall–Kier alpha value is -1.30. The average molecular weight is 269 g/mol. The number of nitrogens with zero attached hydrogens (tertiary/aromatic N) is 3. The van der Waals surface area contributed by atoms with Crippen molar-refractivity contribution in [1.29, 1.82) is 0 Å². The number of rotatable bonds is 2. The monoisotopic (exact) mass is 269 g/mol. The predicted molar refractivity (Wildman–Crippen MR) is 71.0 cm³/mol. The summed E-state index contributed by atoms with van der Waals surface area (Å²) in [5.41, 5.74) is 0. The molecule has 0 spiro atoms. The Bertz CT molecular complexity index is 361. The number of hydrogen-bond donors (Lipinski definition) is 1. The molecule has 0 aromatic rings.